The molecule has 0 spiro atoms. The molecule has 2 saturated heterocycles. The number of hydrogen-bond acceptors (Lipinski definition) is 7. The van der Waals surface area contributed by atoms with Crippen molar-refractivity contribution in [3.05, 3.63) is 28.3 Å². The summed E-state index contributed by atoms with van der Waals surface area (Å²) >= 11 is 0. The molecule has 0 atom stereocenters. The molecule has 1 N–H and O–H groups in total. The molecule has 0 unspecified atom stereocenters. The number of piperazine rings is 1. The molecule has 0 amide bonds. The minimum Gasteiger partial charge on any atom is -0.341 e. The first-order chi connectivity index (χ1) is 14.0. The van der Waals surface area contributed by atoms with E-state index in [9.17, 15) is 4.79 Å². The number of aromatic nitrogens is 4. The van der Waals surface area contributed by atoms with Crippen LogP contribution in [-0.2, 0) is 0 Å². The number of piperidine rings is 1. The first-order valence-corrected chi connectivity index (χ1v) is 10.7. The highest BCUT2D eigenvalue weighted by molar-refractivity contribution is 5.62. The summed E-state index contributed by atoms with van der Waals surface area (Å²) in [6.45, 7) is 13.2. The Balaban J connectivity index is 1.56. The topological polar surface area (TPSA) is 81.2 Å². The van der Waals surface area contributed by atoms with Crippen LogP contribution in [0.15, 0.2) is 17.1 Å². The van der Waals surface area contributed by atoms with E-state index in [0.29, 0.717) is 11.6 Å². The van der Waals surface area contributed by atoms with Crippen molar-refractivity contribution in [1.29, 1.82) is 0 Å². The van der Waals surface area contributed by atoms with Crippen LogP contribution in [0.25, 0.3) is 11.3 Å². The highest BCUT2D eigenvalue weighted by Crippen LogP contribution is 2.24. The van der Waals surface area contributed by atoms with E-state index >= 15 is 0 Å². The average molecular weight is 398 g/mol. The third-order valence-electron chi connectivity index (χ3n) is 6.16. The van der Waals surface area contributed by atoms with Crippen LogP contribution in [0.5, 0.6) is 0 Å². The number of aromatic amines is 1. The average Bonchev–Trinajstić information content (AvgIpc) is 2.74. The van der Waals surface area contributed by atoms with Crippen molar-refractivity contribution < 1.29 is 0 Å². The van der Waals surface area contributed by atoms with Crippen LogP contribution < -0.4 is 15.4 Å². The van der Waals surface area contributed by atoms with Crippen molar-refractivity contribution in [1.82, 2.24) is 24.8 Å². The van der Waals surface area contributed by atoms with Crippen molar-refractivity contribution in [2.45, 2.75) is 33.6 Å². The van der Waals surface area contributed by atoms with Crippen molar-refractivity contribution in [2.75, 3.05) is 55.6 Å². The quantitative estimate of drug-likeness (QED) is 0.844. The minimum absolute atomic E-state index is 0.142. The molecule has 0 aliphatic carbocycles. The van der Waals surface area contributed by atoms with Gasteiger partial charge in [-0.1, -0.05) is 13.8 Å². The minimum atomic E-state index is -0.142. The van der Waals surface area contributed by atoms with Crippen molar-refractivity contribution in [2.24, 2.45) is 5.92 Å². The third kappa shape index (κ3) is 4.42. The van der Waals surface area contributed by atoms with Gasteiger partial charge in [0.2, 0.25) is 11.9 Å². The number of nitrogens with zero attached hydrogens (tertiary/aromatic N) is 6. The van der Waals surface area contributed by atoms with Gasteiger partial charge in [0.25, 0.3) is 5.56 Å². The van der Waals surface area contributed by atoms with Gasteiger partial charge in [-0.15, -0.1) is 0 Å². The molecule has 4 heterocycles. The standard InChI is InChI=1S/C21H31N7O/c1-4-26-9-11-28(12-10-26)21-24-18(13-19(29)25-21)17-14-22-20(23-16(17)3)27-7-5-15(2)6-8-27/h13-15H,4-12H2,1-3H3,(H,24,25,29). The molecule has 8 nitrogen and oxygen atoms in total. The predicted octanol–water partition coefficient (Wildman–Crippen LogP) is 1.91. The molecule has 0 bridgehead atoms. The lowest BCUT2D eigenvalue weighted by atomic mass is 10.00. The molecule has 0 aromatic carbocycles. The van der Waals surface area contributed by atoms with Gasteiger partial charge >= 0.3 is 0 Å². The lowest BCUT2D eigenvalue weighted by Gasteiger charge is -2.34. The maximum absolute atomic E-state index is 12.3. The van der Waals surface area contributed by atoms with Crippen molar-refractivity contribution in [3.8, 4) is 11.3 Å². The second-order valence-electron chi connectivity index (χ2n) is 8.21. The Kier molecular flexibility index (Phi) is 5.80. The summed E-state index contributed by atoms with van der Waals surface area (Å²) in [6.07, 6.45) is 4.17. The maximum atomic E-state index is 12.3. The van der Waals surface area contributed by atoms with Gasteiger partial charge < -0.3 is 14.7 Å². The number of H-pyrrole nitrogens is 1. The van der Waals surface area contributed by atoms with Crippen molar-refractivity contribution in [3.63, 3.8) is 0 Å². The summed E-state index contributed by atoms with van der Waals surface area (Å²) in [5, 5.41) is 0. The summed E-state index contributed by atoms with van der Waals surface area (Å²) in [5.41, 5.74) is 2.17. The van der Waals surface area contributed by atoms with E-state index in [1.165, 1.54) is 12.8 Å². The lowest BCUT2D eigenvalue weighted by molar-refractivity contribution is 0.270. The summed E-state index contributed by atoms with van der Waals surface area (Å²) in [5.74, 6) is 2.18. The molecule has 2 fully saturated rings. The predicted molar refractivity (Wildman–Crippen MR) is 116 cm³/mol. The highest BCUT2D eigenvalue weighted by Gasteiger charge is 2.21. The van der Waals surface area contributed by atoms with Gasteiger partial charge in [0.05, 0.1) is 11.4 Å². The summed E-state index contributed by atoms with van der Waals surface area (Å²) in [7, 11) is 0. The summed E-state index contributed by atoms with van der Waals surface area (Å²) in [6, 6.07) is 1.54. The van der Waals surface area contributed by atoms with Gasteiger partial charge in [0, 0.05) is 57.1 Å². The van der Waals surface area contributed by atoms with Crippen LogP contribution in [0.2, 0.25) is 0 Å². The van der Waals surface area contributed by atoms with E-state index in [-0.39, 0.29) is 5.56 Å². The zero-order chi connectivity index (χ0) is 20.4. The smallest absolute Gasteiger partial charge is 0.252 e. The van der Waals surface area contributed by atoms with E-state index in [0.717, 1.165) is 68.9 Å². The lowest BCUT2D eigenvalue weighted by Crippen LogP contribution is -2.47. The number of likely N-dealkylation sites (N-methyl/N-ethyl adjacent to an activating group) is 1. The Morgan fingerprint density at radius 1 is 1.07 bits per heavy atom. The zero-order valence-corrected chi connectivity index (χ0v) is 17.7. The number of nitrogens with one attached hydrogen (secondary N) is 1. The van der Waals surface area contributed by atoms with E-state index in [4.69, 9.17) is 9.97 Å². The summed E-state index contributed by atoms with van der Waals surface area (Å²) < 4.78 is 0. The molecule has 0 saturated carbocycles. The fraction of sp³-hybridized carbons (Fsp3) is 0.619. The Morgan fingerprint density at radius 2 is 1.79 bits per heavy atom. The van der Waals surface area contributed by atoms with E-state index in [1.54, 1.807) is 6.07 Å². The van der Waals surface area contributed by atoms with Gasteiger partial charge in [-0.25, -0.2) is 15.0 Å². The Labute approximate surface area is 172 Å². The molecule has 2 aliphatic rings. The number of rotatable bonds is 4. The first-order valence-electron chi connectivity index (χ1n) is 10.7. The molecule has 156 valence electrons. The SMILES string of the molecule is CCN1CCN(c2nc(-c3cnc(N4CCC(C)CC4)nc3C)cc(=O)[nH]2)CC1. The zero-order valence-electron chi connectivity index (χ0n) is 17.7. The van der Waals surface area contributed by atoms with E-state index in [2.05, 4.69) is 38.5 Å². The molecule has 0 radical (unpaired) electrons. The van der Waals surface area contributed by atoms with Crippen LogP contribution >= 0.6 is 0 Å². The normalized spacial score (nSPS) is 19.0. The molecule has 2 aromatic heterocycles. The second-order valence-corrected chi connectivity index (χ2v) is 8.21. The Morgan fingerprint density at radius 3 is 2.45 bits per heavy atom. The van der Waals surface area contributed by atoms with Crippen LogP contribution in [0, 0.1) is 12.8 Å². The number of anilines is 2. The van der Waals surface area contributed by atoms with E-state index in [1.807, 2.05) is 13.1 Å². The molecule has 4 rings (SSSR count). The molecular weight excluding hydrogens is 366 g/mol. The van der Waals surface area contributed by atoms with Gasteiger partial charge in [-0.3, -0.25) is 9.78 Å². The third-order valence-corrected chi connectivity index (χ3v) is 6.16. The second kappa shape index (κ2) is 8.49. The van der Waals surface area contributed by atoms with Gasteiger partial charge in [-0.2, -0.15) is 0 Å². The van der Waals surface area contributed by atoms with Crippen LogP contribution in [0.4, 0.5) is 11.9 Å². The van der Waals surface area contributed by atoms with E-state index < -0.39 is 0 Å². The maximum Gasteiger partial charge on any atom is 0.252 e. The van der Waals surface area contributed by atoms with Crippen molar-refractivity contribution >= 4 is 11.9 Å². The number of hydrogen-bond donors (Lipinski definition) is 1. The van der Waals surface area contributed by atoms with Gasteiger partial charge in [-0.05, 0) is 32.2 Å². The molecule has 8 heteroatoms. The largest absolute Gasteiger partial charge is 0.341 e. The Hall–Kier alpha value is -2.48. The van der Waals surface area contributed by atoms with Gasteiger partial charge in [0.1, 0.15) is 0 Å². The molecular formula is C21H31N7O. The Bertz CT molecular complexity index is 896. The fourth-order valence-electron chi connectivity index (χ4n) is 4.08. The van der Waals surface area contributed by atoms with Crippen LogP contribution in [-0.4, -0.2) is 70.6 Å². The van der Waals surface area contributed by atoms with Crippen LogP contribution in [0.3, 0.4) is 0 Å². The monoisotopic (exact) mass is 397 g/mol. The summed E-state index contributed by atoms with van der Waals surface area (Å²) in [4.78, 5) is 36.1. The molecule has 2 aliphatic heterocycles. The first kappa shape index (κ1) is 19.8. The van der Waals surface area contributed by atoms with Crippen LogP contribution in [0.1, 0.15) is 32.4 Å². The fourth-order valence-corrected chi connectivity index (χ4v) is 4.08. The molecule has 2 aromatic rings. The highest BCUT2D eigenvalue weighted by atomic mass is 16.1. The number of aryl methyl sites for hydroxylation is 1. The molecule has 29 heavy (non-hydrogen) atoms. The van der Waals surface area contributed by atoms with Gasteiger partial charge in [0.15, 0.2) is 0 Å².